The molecule has 1 aliphatic heterocycles. The van der Waals surface area contributed by atoms with Gasteiger partial charge in [0.2, 0.25) is 0 Å². The number of hydrogen-bond acceptors (Lipinski definition) is 6. The van der Waals surface area contributed by atoms with Crippen LogP contribution in [0.2, 0.25) is 0 Å². The molecule has 8 heteroatoms. The Morgan fingerprint density at radius 2 is 2.31 bits per heavy atom. The van der Waals surface area contributed by atoms with E-state index in [1.165, 1.54) is 11.3 Å². The zero-order chi connectivity index (χ0) is 20.4. The molecule has 2 aliphatic rings. The van der Waals surface area contributed by atoms with Crippen molar-refractivity contribution in [2.24, 2.45) is 0 Å². The number of morpholine rings is 1. The largest absolute Gasteiger partial charge is 0.370 e. The molecule has 1 amide bonds. The third-order valence-electron chi connectivity index (χ3n) is 6.27. The van der Waals surface area contributed by atoms with Crippen LogP contribution in [0.1, 0.15) is 65.2 Å². The van der Waals surface area contributed by atoms with Gasteiger partial charge in [0, 0.05) is 31.7 Å². The molecule has 1 aliphatic carbocycles. The van der Waals surface area contributed by atoms with Crippen molar-refractivity contribution in [1.82, 2.24) is 25.2 Å². The van der Waals surface area contributed by atoms with Gasteiger partial charge in [-0.25, -0.2) is 9.97 Å². The number of aromatic amines is 1. The summed E-state index contributed by atoms with van der Waals surface area (Å²) in [6, 6.07) is 0.0273. The molecule has 1 spiro atoms. The van der Waals surface area contributed by atoms with Gasteiger partial charge in [0.1, 0.15) is 16.3 Å². The molecule has 4 rings (SSSR count). The predicted octanol–water partition coefficient (Wildman–Crippen LogP) is 2.99. The highest BCUT2D eigenvalue weighted by molar-refractivity contribution is 7.11. The number of amides is 1. The van der Waals surface area contributed by atoms with Crippen molar-refractivity contribution < 1.29 is 9.53 Å². The maximum Gasteiger partial charge on any atom is 0.263 e. The van der Waals surface area contributed by atoms with Gasteiger partial charge >= 0.3 is 0 Å². The first kappa shape index (κ1) is 20.5. The topological polar surface area (TPSA) is 83.1 Å². The number of nitrogens with one attached hydrogen (secondary N) is 2. The number of H-pyrrole nitrogens is 1. The maximum absolute atomic E-state index is 12.8. The number of aromatic nitrogens is 3. The van der Waals surface area contributed by atoms with E-state index in [0.717, 1.165) is 74.6 Å². The Labute approximate surface area is 176 Å². The lowest BCUT2D eigenvalue weighted by Gasteiger charge is -2.49. The van der Waals surface area contributed by atoms with Crippen molar-refractivity contribution in [3.63, 3.8) is 0 Å². The number of carbonyl (C=O) groups is 1. The summed E-state index contributed by atoms with van der Waals surface area (Å²) < 4.78 is 6.40. The van der Waals surface area contributed by atoms with Crippen LogP contribution in [0, 0.1) is 13.8 Å². The first-order valence-electron chi connectivity index (χ1n) is 10.6. The van der Waals surface area contributed by atoms with Crippen molar-refractivity contribution in [3.8, 4) is 0 Å². The average molecular weight is 418 g/mol. The lowest BCUT2D eigenvalue weighted by molar-refractivity contribution is -0.143. The molecule has 2 atom stereocenters. The quantitative estimate of drug-likeness (QED) is 0.781. The second-order valence-electron chi connectivity index (χ2n) is 8.27. The first-order valence-corrected chi connectivity index (χ1v) is 11.5. The van der Waals surface area contributed by atoms with Crippen LogP contribution >= 0.6 is 11.3 Å². The molecule has 1 saturated heterocycles. The Morgan fingerprint density at radius 1 is 1.45 bits per heavy atom. The fraction of sp³-hybridized carbons (Fsp3) is 0.667. The normalized spacial score (nSPS) is 25.4. The monoisotopic (exact) mass is 417 g/mol. The fourth-order valence-corrected chi connectivity index (χ4v) is 5.34. The highest BCUT2D eigenvalue weighted by atomic mass is 32.1. The maximum atomic E-state index is 12.8. The Morgan fingerprint density at radius 3 is 3.03 bits per heavy atom. The predicted molar refractivity (Wildman–Crippen MR) is 113 cm³/mol. The summed E-state index contributed by atoms with van der Waals surface area (Å²) in [5, 5.41) is 3.29. The number of aryl methyl sites for hydroxylation is 3. The minimum Gasteiger partial charge on any atom is -0.370 e. The number of nitrogens with zero attached hydrogens (tertiary/aromatic N) is 3. The number of thiazole rings is 1. The number of carbonyl (C=O) groups excluding carboxylic acids is 1. The van der Waals surface area contributed by atoms with Crippen molar-refractivity contribution in [1.29, 1.82) is 0 Å². The molecular formula is C21H31N5O2S. The van der Waals surface area contributed by atoms with Crippen LogP contribution in [0.5, 0.6) is 0 Å². The zero-order valence-corrected chi connectivity index (χ0v) is 18.4. The number of ether oxygens (including phenoxy) is 1. The van der Waals surface area contributed by atoms with E-state index in [1.54, 1.807) is 5.51 Å². The lowest BCUT2D eigenvalue weighted by atomic mass is 9.78. The Balaban J connectivity index is 1.48. The minimum absolute atomic E-state index is 0.0206. The summed E-state index contributed by atoms with van der Waals surface area (Å²) in [5.41, 5.74) is 4.48. The van der Waals surface area contributed by atoms with Gasteiger partial charge in [0.25, 0.3) is 5.91 Å². The molecule has 0 bridgehead atoms. The zero-order valence-electron chi connectivity index (χ0n) is 17.6. The van der Waals surface area contributed by atoms with Crippen molar-refractivity contribution in [3.05, 3.63) is 33.3 Å². The van der Waals surface area contributed by atoms with Crippen LogP contribution < -0.4 is 5.32 Å². The first-order chi connectivity index (χ1) is 14.0. The van der Waals surface area contributed by atoms with Gasteiger partial charge in [-0.1, -0.05) is 19.8 Å². The summed E-state index contributed by atoms with van der Waals surface area (Å²) in [5.74, 6) is 1.02. The molecule has 0 radical (unpaired) electrons. The smallest absolute Gasteiger partial charge is 0.263 e. The molecule has 2 fully saturated rings. The molecule has 3 heterocycles. The summed E-state index contributed by atoms with van der Waals surface area (Å²) in [6.07, 6.45) is 5.12. The van der Waals surface area contributed by atoms with E-state index in [9.17, 15) is 4.79 Å². The number of hydrogen-bond donors (Lipinski definition) is 2. The average Bonchev–Trinajstić information content (AvgIpc) is 3.29. The molecule has 2 N–H and O–H groups in total. The molecule has 7 nitrogen and oxygen atoms in total. The summed E-state index contributed by atoms with van der Waals surface area (Å²) in [4.78, 5) is 28.3. The SMILES string of the molecule is CCc1nc(CN2CCO[C@@]3(CCCC[C@@H]3NC(=O)c3scnc3C)C2)c(C)[nH]1. The van der Waals surface area contributed by atoms with Gasteiger partial charge in [-0.15, -0.1) is 11.3 Å². The lowest BCUT2D eigenvalue weighted by Crippen LogP contribution is -2.63. The Kier molecular flexibility index (Phi) is 6.03. The molecule has 2 aromatic heterocycles. The summed E-state index contributed by atoms with van der Waals surface area (Å²) >= 11 is 1.40. The summed E-state index contributed by atoms with van der Waals surface area (Å²) in [6.45, 7) is 9.33. The van der Waals surface area contributed by atoms with Crippen LogP contribution in [0.3, 0.4) is 0 Å². The van der Waals surface area contributed by atoms with Gasteiger partial charge in [0.15, 0.2) is 0 Å². The minimum atomic E-state index is -0.317. The summed E-state index contributed by atoms with van der Waals surface area (Å²) in [7, 11) is 0. The van der Waals surface area contributed by atoms with Crippen LogP contribution in [0.25, 0.3) is 0 Å². The third kappa shape index (κ3) is 4.25. The van der Waals surface area contributed by atoms with Crippen molar-refractivity contribution >= 4 is 17.2 Å². The number of imidazole rings is 1. The standard InChI is InChI=1S/C21H31N5O2S/c1-4-18-23-14(2)16(24-18)11-26-9-10-28-21(12-26)8-6-5-7-17(21)25-20(27)19-15(3)22-13-29-19/h13,17H,4-12H2,1-3H3,(H,23,24)(H,25,27)/t17-,21-/m0/s1. The van der Waals surface area contributed by atoms with E-state index < -0.39 is 0 Å². The van der Waals surface area contributed by atoms with E-state index >= 15 is 0 Å². The fourth-order valence-electron chi connectivity index (χ4n) is 4.63. The van der Waals surface area contributed by atoms with E-state index in [0.29, 0.717) is 11.5 Å². The van der Waals surface area contributed by atoms with Crippen molar-refractivity contribution in [2.75, 3.05) is 19.7 Å². The molecule has 2 aromatic rings. The highest BCUT2D eigenvalue weighted by Gasteiger charge is 2.46. The number of rotatable bonds is 5. The van der Waals surface area contributed by atoms with Gasteiger partial charge < -0.3 is 15.0 Å². The van der Waals surface area contributed by atoms with Gasteiger partial charge in [-0.05, 0) is 26.7 Å². The Hall–Kier alpha value is -1.77. The second kappa shape index (κ2) is 8.53. The van der Waals surface area contributed by atoms with E-state index in [2.05, 4.69) is 34.0 Å². The van der Waals surface area contributed by atoms with E-state index in [1.807, 2.05) is 6.92 Å². The van der Waals surface area contributed by atoms with Gasteiger partial charge in [-0.2, -0.15) is 0 Å². The van der Waals surface area contributed by atoms with Crippen LogP contribution in [-0.2, 0) is 17.7 Å². The van der Waals surface area contributed by atoms with Crippen LogP contribution in [0.15, 0.2) is 5.51 Å². The second-order valence-corrected chi connectivity index (χ2v) is 9.13. The molecular weight excluding hydrogens is 386 g/mol. The van der Waals surface area contributed by atoms with E-state index in [4.69, 9.17) is 9.72 Å². The highest BCUT2D eigenvalue weighted by Crippen LogP contribution is 2.35. The van der Waals surface area contributed by atoms with Crippen molar-refractivity contribution in [2.45, 2.75) is 71.1 Å². The molecule has 0 aromatic carbocycles. The Bertz CT molecular complexity index is 859. The molecule has 1 saturated carbocycles. The molecule has 158 valence electrons. The van der Waals surface area contributed by atoms with Crippen LogP contribution in [-0.4, -0.2) is 57.1 Å². The van der Waals surface area contributed by atoms with Crippen LogP contribution in [0.4, 0.5) is 0 Å². The van der Waals surface area contributed by atoms with Gasteiger partial charge in [0.05, 0.1) is 29.5 Å². The molecule has 29 heavy (non-hydrogen) atoms. The van der Waals surface area contributed by atoms with Gasteiger partial charge in [-0.3, -0.25) is 9.69 Å². The molecule has 0 unspecified atom stereocenters. The third-order valence-corrected chi connectivity index (χ3v) is 7.19. The van der Waals surface area contributed by atoms with E-state index in [-0.39, 0.29) is 17.6 Å².